The molecule has 0 spiro atoms. The van der Waals surface area contributed by atoms with Crippen LogP contribution in [0.15, 0.2) is 29.1 Å². The fraction of sp³-hybridized carbons (Fsp3) is 0.167. The summed E-state index contributed by atoms with van der Waals surface area (Å²) >= 11 is 1.57. The summed E-state index contributed by atoms with van der Waals surface area (Å²) in [4.78, 5) is 4.18. The van der Waals surface area contributed by atoms with Crippen molar-refractivity contribution in [3.05, 3.63) is 45.9 Å². The number of nitrogens with one attached hydrogen (secondary N) is 1. The third kappa shape index (κ3) is 2.38. The van der Waals surface area contributed by atoms with Crippen molar-refractivity contribution in [1.82, 2.24) is 4.98 Å². The van der Waals surface area contributed by atoms with E-state index in [1.165, 1.54) is 0 Å². The van der Waals surface area contributed by atoms with Crippen LogP contribution in [0.1, 0.15) is 16.8 Å². The largest absolute Gasteiger partial charge is 0.378 e. The Hall–Kier alpha value is -1.86. The number of benzene rings is 1. The summed E-state index contributed by atoms with van der Waals surface area (Å²) in [6.45, 7) is 2.66. The molecule has 1 heterocycles. The first-order valence-electron chi connectivity index (χ1n) is 4.91. The maximum absolute atomic E-state index is 8.96. The topological polar surface area (TPSA) is 48.7 Å². The van der Waals surface area contributed by atoms with Crippen LogP contribution in [0.2, 0.25) is 0 Å². The summed E-state index contributed by atoms with van der Waals surface area (Å²) in [5, 5.41) is 14.2. The minimum absolute atomic E-state index is 0.654. The zero-order chi connectivity index (χ0) is 11.4. The van der Waals surface area contributed by atoms with Crippen molar-refractivity contribution < 1.29 is 0 Å². The molecule has 0 aliphatic rings. The number of hydrogen-bond acceptors (Lipinski definition) is 4. The lowest BCUT2D eigenvalue weighted by molar-refractivity contribution is 1.07. The number of nitriles is 1. The number of nitrogens with zero attached hydrogens (tertiary/aromatic N) is 2. The molecule has 0 aliphatic carbocycles. The number of thiazole rings is 1. The van der Waals surface area contributed by atoms with Crippen LogP contribution in [0.3, 0.4) is 0 Å². The summed E-state index contributed by atoms with van der Waals surface area (Å²) in [6.07, 6.45) is 0. The average Bonchev–Trinajstić information content (AvgIpc) is 2.79. The van der Waals surface area contributed by atoms with E-state index in [1.54, 1.807) is 16.8 Å². The summed E-state index contributed by atoms with van der Waals surface area (Å²) in [5.41, 5.74) is 5.48. The molecule has 0 aliphatic heterocycles. The van der Waals surface area contributed by atoms with Gasteiger partial charge < -0.3 is 5.32 Å². The Balaban J connectivity index is 2.15. The summed E-state index contributed by atoms with van der Waals surface area (Å²) in [6, 6.07) is 7.92. The zero-order valence-corrected chi connectivity index (χ0v) is 9.71. The number of rotatable bonds is 3. The van der Waals surface area contributed by atoms with E-state index >= 15 is 0 Å². The third-order valence-electron chi connectivity index (χ3n) is 2.24. The monoisotopic (exact) mass is 229 g/mol. The van der Waals surface area contributed by atoms with Gasteiger partial charge in [-0.1, -0.05) is 6.07 Å². The molecule has 2 aromatic rings. The molecule has 0 bridgehead atoms. The van der Waals surface area contributed by atoms with Crippen LogP contribution in [0.4, 0.5) is 5.69 Å². The van der Waals surface area contributed by atoms with Gasteiger partial charge in [-0.3, -0.25) is 0 Å². The molecule has 3 nitrogen and oxygen atoms in total. The van der Waals surface area contributed by atoms with Crippen molar-refractivity contribution in [1.29, 1.82) is 5.26 Å². The Kier molecular flexibility index (Phi) is 3.18. The minimum Gasteiger partial charge on any atom is -0.378 e. The van der Waals surface area contributed by atoms with Crippen molar-refractivity contribution in [3.8, 4) is 6.07 Å². The number of aromatic nitrogens is 1. The fourth-order valence-electron chi connectivity index (χ4n) is 1.41. The minimum atomic E-state index is 0.654. The molecule has 0 unspecified atom stereocenters. The van der Waals surface area contributed by atoms with Gasteiger partial charge in [0.25, 0.3) is 0 Å². The van der Waals surface area contributed by atoms with Crippen LogP contribution in [0.25, 0.3) is 0 Å². The molecule has 0 saturated carbocycles. The van der Waals surface area contributed by atoms with Crippen molar-refractivity contribution in [2.24, 2.45) is 0 Å². The van der Waals surface area contributed by atoms with Gasteiger partial charge in [0.1, 0.15) is 6.07 Å². The number of aryl methyl sites for hydroxylation is 1. The Bertz CT molecular complexity index is 512. The Morgan fingerprint density at radius 2 is 2.38 bits per heavy atom. The molecule has 16 heavy (non-hydrogen) atoms. The first-order valence-corrected chi connectivity index (χ1v) is 5.85. The third-order valence-corrected chi connectivity index (χ3v) is 2.87. The van der Waals surface area contributed by atoms with E-state index in [2.05, 4.69) is 16.4 Å². The van der Waals surface area contributed by atoms with Gasteiger partial charge in [-0.15, -0.1) is 11.3 Å². The van der Waals surface area contributed by atoms with Gasteiger partial charge in [0, 0.05) is 5.38 Å². The lowest BCUT2D eigenvalue weighted by Crippen LogP contribution is -2.01. The van der Waals surface area contributed by atoms with Gasteiger partial charge in [-0.25, -0.2) is 4.98 Å². The van der Waals surface area contributed by atoms with E-state index < -0.39 is 0 Å². The highest BCUT2D eigenvalue weighted by Gasteiger charge is 2.02. The lowest BCUT2D eigenvalue weighted by atomic mass is 10.1. The van der Waals surface area contributed by atoms with Crippen molar-refractivity contribution in [2.75, 3.05) is 5.32 Å². The zero-order valence-electron chi connectivity index (χ0n) is 8.90. The van der Waals surface area contributed by atoms with Crippen molar-refractivity contribution >= 4 is 17.0 Å². The predicted octanol–water partition coefficient (Wildman–Crippen LogP) is 2.94. The van der Waals surface area contributed by atoms with Crippen LogP contribution in [0, 0.1) is 18.3 Å². The Labute approximate surface area is 98.4 Å². The second kappa shape index (κ2) is 4.77. The second-order valence-corrected chi connectivity index (χ2v) is 4.21. The Morgan fingerprint density at radius 1 is 1.50 bits per heavy atom. The molecule has 0 amide bonds. The number of anilines is 1. The highest BCUT2D eigenvalue weighted by Crippen LogP contribution is 2.17. The molecule has 1 N–H and O–H groups in total. The molecular formula is C12H11N3S. The SMILES string of the molecule is Cc1ccc(C#N)c(NCc2cscn2)c1. The highest BCUT2D eigenvalue weighted by molar-refractivity contribution is 7.07. The lowest BCUT2D eigenvalue weighted by Gasteiger charge is -2.07. The van der Waals surface area contributed by atoms with Gasteiger partial charge >= 0.3 is 0 Å². The Morgan fingerprint density at radius 3 is 3.06 bits per heavy atom. The smallest absolute Gasteiger partial charge is 0.101 e. The van der Waals surface area contributed by atoms with E-state index in [9.17, 15) is 0 Å². The van der Waals surface area contributed by atoms with Gasteiger partial charge in [-0.2, -0.15) is 5.26 Å². The summed E-state index contributed by atoms with van der Waals surface area (Å²) < 4.78 is 0. The van der Waals surface area contributed by atoms with Crippen LogP contribution >= 0.6 is 11.3 Å². The molecule has 80 valence electrons. The first-order chi connectivity index (χ1) is 7.79. The fourth-order valence-corrected chi connectivity index (χ4v) is 1.97. The van der Waals surface area contributed by atoms with Crippen LogP contribution in [-0.4, -0.2) is 4.98 Å². The maximum atomic E-state index is 8.96. The molecule has 1 aromatic carbocycles. The molecule has 0 atom stereocenters. The van der Waals surface area contributed by atoms with E-state index in [0.717, 1.165) is 16.9 Å². The summed E-state index contributed by atoms with van der Waals surface area (Å²) in [7, 11) is 0. The van der Waals surface area contributed by atoms with E-state index in [0.29, 0.717) is 12.1 Å². The van der Waals surface area contributed by atoms with Gasteiger partial charge in [0.15, 0.2) is 0 Å². The molecule has 0 fully saturated rings. The molecule has 4 heteroatoms. The van der Waals surface area contributed by atoms with Gasteiger partial charge in [0.2, 0.25) is 0 Å². The quantitative estimate of drug-likeness (QED) is 0.880. The molecule has 2 rings (SSSR count). The van der Waals surface area contributed by atoms with Gasteiger partial charge in [0.05, 0.1) is 29.0 Å². The van der Waals surface area contributed by atoms with Crippen LogP contribution in [0.5, 0.6) is 0 Å². The number of hydrogen-bond donors (Lipinski definition) is 1. The highest BCUT2D eigenvalue weighted by atomic mass is 32.1. The van der Waals surface area contributed by atoms with Gasteiger partial charge in [-0.05, 0) is 24.6 Å². The average molecular weight is 229 g/mol. The van der Waals surface area contributed by atoms with E-state index in [-0.39, 0.29) is 0 Å². The first kappa shape index (κ1) is 10.7. The maximum Gasteiger partial charge on any atom is 0.101 e. The van der Waals surface area contributed by atoms with Crippen LogP contribution < -0.4 is 5.32 Å². The van der Waals surface area contributed by atoms with Crippen molar-refractivity contribution in [2.45, 2.75) is 13.5 Å². The standard InChI is InChI=1S/C12H11N3S/c1-9-2-3-10(5-13)12(4-9)14-6-11-7-16-8-15-11/h2-4,7-8,14H,6H2,1H3. The van der Waals surface area contributed by atoms with Crippen LogP contribution in [-0.2, 0) is 6.54 Å². The second-order valence-electron chi connectivity index (χ2n) is 3.49. The van der Waals surface area contributed by atoms with E-state index in [1.807, 2.05) is 30.5 Å². The predicted molar refractivity (Wildman–Crippen MR) is 65.3 cm³/mol. The molecule has 0 saturated heterocycles. The van der Waals surface area contributed by atoms with E-state index in [4.69, 9.17) is 5.26 Å². The normalized spacial score (nSPS) is 9.75. The van der Waals surface area contributed by atoms with Crippen molar-refractivity contribution in [3.63, 3.8) is 0 Å². The molecular weight excluding hydrogens is 218 g/mol. The molecule has 0 radical (unpaired) electrons. The summed E-state index contributed by atoms with van der Waals surface area (Å²) in [5.74, 6) is 0. The molecule has 1 aromatic heterocycles.